The van der Waals surface area contributed by atoms with E-state index in [4.69, 9.17) is 8.83 Å². The van der Waals surface area contributed by atoms with Crippen molar-refractivity contribution in [3.8, 4) is 40.3 Å². The maximum atomic E-state index is 12.5. The fraction of sp³-hybridized carbons (Fsp3) is 0. The van der Waals surface area contributed by atoms with E-state index in [0.29, 0.717) is 28.2 Å². The molecule has 0 amide bonds. The van der Waals surface area contributed by atoms with E-state index in [-0.39, 0.29) is 0 Å². The summed E-state index contributed by atoms with van der Waals surface area (Å²) in [4.78, 5) is 0. The summed E-state index contributed by atoms with van der Waals surface area (Å²) in [5.41, 5.74) is 12.6. The van der Waals surface area contributed by atoms with E-state index in [9.17, 15) is 10.5 Å². The van der Waals surface area contributed by atoms with Crippen molar-refractivity contribution in [2.45, 2.75) is 0 Å². The Labute approximate surface area is 415 Å². The Morgan fingerprint density at radius 3 is 1.32 bits per heavy atom. The molecule has 73 heavy (non-hydrogen) atoms. The normalized spacial score (nSPS) is 12.1. The lowest BCUT2D eigenvalue weighted by Gasteiger charge is -2.26. The topological polar surface area (TPSA) is 88.6 Å². The molecule has 5 aromatic heterocycles. The second-order valence-corrected chi connectivity index (χ2v) is 18.9. The van der Waals surface area contributed by atoms with Gasteiger partial charge in [0, 0.05) is 59.4 Å². The Hall–Kier alpha value is -10.3. The van der Waals surface area contributed by atoms with Gasteiger partial charge in [0.25, 0.3) is 0 Å². The lowest BCUT2D eigenvalue weighted by molar-refractivity contribution is 0.668. The lowest BCUT2D eigenvalue weighted by Crippen LogP contribution is -2.14. The smallest absolute Gasteiger partial charge is 0.136 e. The first kappa shape index (κ1) is 39.5. The van der Waals surface area contributed by atoms with Gasteiger partial charge in [0.05, 0.1) is 50.2 Å². The van der Waals surface area contributed by atoms with Crippen LogP contribution in [0.2, 0.25) is 0 Å². The van der Waals surface area contributed by atoms with Gasteiger partial charge in [0.15, 0.2) is 0 Å². The third kappa shape index (κ3) is 5.19. The molecule has 7 nitrogen and oxygen atoms in total. The van der Waals surface area contributed by atoms with Crippen LogP contribution in [-0.2, 0) is 0 Å². The van der Waals surface area contributed by atoms with Crippen LogP contribution in [0.5, 0.6) is 0 Å². The highest BCUT2D eigenvalue weighted by Crippen LogP contribution is 2.51. The summed E-state index contributed by atoms with van der Waals surface area (Å²) < 4.78 is 19.8. The fourth-order valence-electron chi connectivity index (χ4n) is 12.4. The summed E-state index contributed by atoms with van der Waals surface area (Å²) in [7, 11) is 0. The molecule has 0 N–H and O–H groups in total. The molecule has 11 aromatic carbocycles. The number of rotatable bonds is 4. The van der Waals surface area contributed by atoms with Crippen molar-refractivity contribution in [1.29, 1.82) is 10.5 Å². The first-order chi connectivity index (χ1) is 36.2. The van der Waals surface area contributed by atoms with Gasteiger partial charge in [-0.25, -0.2) is 0 Å². The molecular formula is C66H35N5O2. The van der Waals surface area contributed by atoms with E-state index in [2.05, 4.69) is 190 Å². The zero-order valence-electron chi connectivity index (χ0n) is 38.8. The average molecular weight is 930 g/mol. The van der Waals surface area contributed by atoms with Crippen molar-refractivity contribution >= 4 is 120 Å². The second-order valence-electron chi connectivity index (χ2n) is 18.9. The van der Waals surface area contributed by atoms with Crippen LogP contribution in [0.1, 0.15) is 11.1 Å². The Morgan fingerprint density at radius 1 is 0.301 bits per heavy atom. The molecule has 16 aromatic rings. The van der Waals surface area contributed by atoms with E-state index in [0.717, 1.165) is 131 Å². The van der Waals surface area contributed by atoms with Crippen LogP contribution >= 0.6 is 0 Å². The molecular weight excluding hydrogens is 895 g/mol. The van der Waals surface area contributed by atoms with Crippen molar-refractivity contribution < 1.29 is 8.83 Å². The van der Waals surface area contributed by atoms with Crippen LogP contribution in [-0.4, -0.2) is 13.7 Å². The van der Waals surface area contributed by atoms with E-state index < -0.39 is 0 Å². The third-order valence-corrected chi connectivity index (χ3v) is 15.3. The van der Waals surface area contributed by atoms with Crippen molar-refractivity contribution in [3.05, 3.63) is 223 Å². The van der Waals surface area contributed by atoms with Crippen molar-refractivity contribution in [2.75, 3.05) is 0 Å². The number of furan rings is 2. The molecule has 0 aliphatic carbocycles. The number of hydrogen-bond acceptors (Lipinski definition) is 4. The number of para-hydroxylation sites is 6. The Balaban J connectivity index is 1.21. The fourth-order valence-corrected chi connectivity index (χ4v) is 12.4. The van der Waals surface area contributed by atoms with Gasteiger partial charge in [0.1, 0.15) is 45.6 Å². The SMILES string of the molecule is N#Cc1c(-n2c3ccccc3c3ccccc32)c(-c2ccc3oc4ccccc4c3c2)c(-n2c3ccccc3c3ccccc32)c(C#N)c1-n1c2ccc3ccccc3c2c2c3c(ccc21)oc1ccccc13. The maximum absolute atomic E-state index is 12.5. The minimum atomic E-state index is 0.351. The number of aromatic nitrogens is 3. The number of nitrogens with zero attached hydrogens (tertiary/aromatic N) is 5. The van der Waals surface area contributed by atoms with Gasteiger partial charge < -0.3 is 22.5 Å². The van der Waals surface area contributed by atoms with Crippen LogP contribution in [0.15, 0.2) is 221 Å². The van der Waals surface area contributed by atoms with Crippen molar-refractivity contribution in [2.24, 2.45) is 0 Å². The van der Waals surface area contributed by atoms with E-state index in [1.165, 1.54) is 0 Å². The van der Waals surface area contributed by atoms with E-state index in [1.807, 2.05) is 48.5 Å². The summed E-state index contributed by atoms with van der Waals surface area (Å²) in [6.45, 7) is 0. The van der Waals surface area contributed by atoms with Crippen LogP contribution < -0.4 is 0 Å². The molecule has 0 aliphatic rings. The summed E-state index contributed by atoms with van der Waals surface area (Å²) in [6.07, 6.45) is 0. The number of fused-ring (bicyclic) bond motifs is 18. The molecule has 7 heteroatoms. The molecule has 336 valence electrons. The van der Waals surface area contributed by atoms with Crippen LogP contribution in [0.25, 0.3) is 148 Å². The summed E-state index contributed by atoms with van der Waals surface area (Å²) >= 11 is 0. The predicted molar refractivity (Wildman–Crippen MR) is 296 cm³/mol. The highest BCUT2D eigenvalue weighted by molar-refractivity contribution is 6.32. The van der Waals surface area contributed by atoms with E-state index >= 15 is 0 Å². The van der Waals surface area contributed by atoms with E-state index in [1.54, 1.807) is 0 Å². The van der Waals surface area contributed by atoms with Crippen molar-refractivity contribution in [1.82, 2.24) is 13.7 Å². The van der Waals surface area contributed by atoms with Gasteiger partial charge in [-0.1, -0.05) is 146 Å². The average Bonchev–Trinajstić information content (AvgIpc) is 4.29. The first-order valence-corrected chi connectivity index (χ1v) is 24.4. The molecule has 0 radical (unpaired) electrons. The standard InChI is InChI=1S/C66H35N5O2/c67-36-48-64(71-54-31-29-38-15-1-2-16-40(38)61(54)63-55(71)32-34-59-62(63)46-22-8-14-28-57(46)73-59)49(37-68)66(70-52-25-11-5-19-43(52)44-20-6-12-26-53(44)70)60(39-30-33-58-47(35-39)45-21-7-13-27-56(45)72-58)65(48)69-50-23-9-3-17-41(50)42-18-4-10-24-51(42)69/h1-35H. The zero-order valence-corrected chi connectivity index (χ0v) is 38.8. The Bertz CT molecular complexity index is 4940. The molecule has 0 saturated carbocycles. The molecule has 0 spiro atoms. The largest absolute Gasteiger partial charge is 0.456 e. The monoisotopic (exact) mass is 929 g/mol. The molecule has 0 aliphatic heterocycles. The van der Waals surface area contributed by atoms with Crippen LogP contribution in [0, 0.1) is 22.7 Å². The second kappa shape index (κ2) is 14.6. The van der Waals surface area contributed by atoms with Gasteiger partial charge in [-0.15, -0.1) is 0 Å². The highest BCUT2D eigenvalue weighted by atomic mass is 16.3. The van der Waals surface area contributed by atoms with Gasteiger partial charge in [-0.3, -0.25) is 0 Å². The van der Waals surface area contributed by atoms with Gasteiger partial charge >= 0.3 is 0 Å². The molecule has 0 unspecified atom stereocenters. The summed E-state index contributed by atoms with van der Waals surface area (Å²) in [5, 5.41) is 37.1. The first-order valence-electron chi connectivity index (χ1n) is 24.4. The molecule has 0 bridgehead atoms. The summed E-state index contributed by atoms with van der Waals surface area (Å²) in [5.74, 6) is 0. The molecule has 16 rings (SSSR count). The number of hydrogen-bond donors (Lipinski definition) is 0. The molecule has 0 saturated heterocycles. The quantitative estimate of drug-likeness (QED) is 0.176. The Morgan fingerprint density at radius 2 is 0.726 bits per heavy atom. The molecule has 0 atom stereocenters. The zero-order chi connectivity index (χ0) is 48.1. The van der Waals surface area contributed by atoms with Crippen LogP contribution in [0.4, 0.5) is 0 Å². The molecule has 5 heterocycles. The minimum Gasteiger partial charge on any atom is -0.456 e. The maximum Gasteiger partial charge on any atom is 0.136 e. The van der Waals surface area contributed by atoms with Gasteiger partial charge in [0.2, 0.25) is 0 Å². The van der Waals surface area contributed by atoms with Crippen LogP contribution in [0.3, 0.4) is 0 Å². The van der Waals surface area contributed by atoms with Gasteiger partial charge in [-0.2, -0.15) is 10.5 Å². The highest BCUT2D eigenvalue weighted by Gasteiger charge is 2.34. The Kier molecular flexibility index (Phi) is 7.90. The van der Waals surface area contributed by atoms with Crippen molar-refractivity contribution in [3.63, 3.8) is 0 Å². The number of benzene rings is 11. The predicted octanol–water partition coefficient (Wildman–Crippen LogP) is 17.3. The van der Waals surface area contributed by atoms with Gasteiger partial charge in [-0.05, 0) is 83.1 Å². The molecule has 0 fully saturated rings. The minimum absolute atomic E-state index is 0.351. The summed E-state index contributed by atoms with van der Waals surface area (Å²) in [6, 6.07) is 78.9. The lowest BCUT2D eigenvalue weighted by atomic mass is 9.91. The number of nitriles is 2. The third-order valence-electron chi connectivity index (χ3n) is 15.3.